The number of hydrogen-bond donors (Lipinski definition) is 0. The summed E-state index contributed by atoms with van der Waals surface area (Å²) in [6, 6.07) is 11.1. The van der Waals surface area contributed by atoms with Gasteiger partial charge in [-0.15, -0.1) is 0 Å². The van der Waals surface area contributed by atoms with Crippen LogP contribution in [-0.2, 0) is 16.0 Å². The maximum absolute atomic E-state index is 13.6. The third-order valence-electron chi connectivity index (χ3n) is 5.32. The Hall–Kier alpha value is -3.05. The van der Waals surface area contributed by atoms with E-state index in [9.17, 15) is 19.2 Å². The number of rotatable bonds is 2. The van der Waals surface area contributed by atoms with Gasteiger partial charge in [-0.1, -0.05) is 35.9 Å². The number of hydrogen-bond acceptors (Lipinski definition) is 5. The zero-order valence-corrected chi connectivity index (χ0v) is 17.5. The minimum atomic E-state index is -1.93. The monoisotopic (exact) mass is 422 g/mol. The lowest BCUT2D eigenvalue weighted by Gasteiger charge is -2.32. The number of ketones is 3. The maximum Gasteiger partial charge on any atom is 0.325 e. The van der Waals surface area contributed by atoms with Gasteiger partial charge in [-0.25, -0.2) is 0 Å². The van der Waals surface area contributed by atoms with Crippen molar-refractivity contribution in [1.29, 1.82) is 0 Å². The third kappa shape index (κ3) is 3.01. The molecule has 0 aliphatic heterocycles. The summed E-state index contributed by atoms with van der Waals surface area (Å²) in [6.07, 6.45) is 1.02. The molecule has 152 valence electrons. The number of Topliss-reactive ketones (excluding diaryl/α,β-unsaturated/α-hetero) is 2. The van der Waals surface area contributed by atoms with E-state index in [0.29, 0.717) is 16.1 Å². The summed E-state index contributed by atoms with van der Waals surface area (Å²) in [5.41, 5.74) is -1.72. The van der Waals surface area contributed by atoms with E-state index in [2.05, 4.69) is 0 Å². The van der Waals surface area contributed by atoms with E-state index in [4.69, 9.17) is 16.3 Å². The molecule has 0 N–H and O–H groups in total. The summed E-state index contributed by atoms with van der Waals surface area (Å²) in [5, 5.41) is 0.409. The molecule has 30 heavy (non-hydrogen) atoms. The Morgan fingerprint density at radius 2 is 1.67 bits per heavy atom. The number of halogens is 1. The van der Waals surface area contributed by atoms with E-state index < -0.39 is 34.3 Å². The van der Waals surface area contributed by atoms with Gasteiger partial charge in [-0.3, -0.25) is 19.2 Å². The molecule has 2 aliphatic rings. The number of benzene rings is 2. The summed E-state index contributed by atoms with van der Waals surface area (Å²) in [7, 11) is 0. The van der Waals surface area contributed by atoms with Gasteiger partial charge in [-0.2, -0.15) is 0 Å². The number of carbonyl (C=O) groups excluding carboxylic acids is 4. The van der Waals surface area contributed by atoms with E-state index in [0.717, 1.165) is 6.08 Å². The zero-order chi connectivity index (χ0) is 21.8. The highest BCUT2D eigenvalue weighted by atomic mass is 35.5. The van der Waals surface area contributed by atoms with Crippen molar-refractivity contribution in [2.45, 2.75) is 32.8 Å². The number of esters is 1. The highest BCUT2D eigenvalue weighted by Crippen LogP contribution is 2.47. The topological polar surface area (TPSA) is 77.5 Å². The maximum atomic E-state index is 13.6. The fourth-order valence-corrected chi connectivity index (χ4v) is 4.21. The van der Waals surface area contributed by atoms with E-state index in [1.807, 2.05) is 0 Å². The van der Waals surface area contributed by atoms with Crippen LogP contribution >= 0.6 is 11.6 Å². The first-order valence-corrected chi connectivity index (χ1v) is 9.89. The summed E-state index contributed by atoms with van der Waals surface area (Å²) in [4.78, 5) is 53.2. The average molecular weight is 423 g/mol. The highest BCUT2D eigenvalue weighted by molar-refractivity contribution is 6.33. The lowest BCUT2D eigenvalue weighted by Crippen LogP contribution is -2.46. The third-order valence-corrected chi connectivity index (χ3v) is 5.55. The molecule has 2 aromatic rings. The van der Waals surface area contributed by atoms with Gasteiger partial charge < -0.3 is 4.74 Å². The summed E-state index contributed by atoms with van der Waals surface area (Å²) in [6.45, 7) is 5.04. The molecule has 0 aromatic heterocycles. The van der Waals surface area contributed by atoms with Gasteiger partial charge in [0, 0.05) is 33.7 Å². The van der Waals surface area contributed by atoms with Crippen molar-refractivity contribution in [2.24, 2.45) is 5.41 Å². The normalized spacial score (nSPS) is 20.5. The lowest BCUT2D eigenvalue weighted by atomic mass is 9.70. The van der Waals surface area contributed by atoms with Crippen molar-refractivity contribution in [1.82, 2.24) is 0 Å². The molecular weight excluding hydrogens is 404 g/mol. The molecule has 2 aliphatic carbocycles. The minimum Gasteiger partial charge on any atom is -0.459 e. The van der Waals surface area contributed by atoms with Gasteiger partial charge in [0.25, 0.3) is 0 Å². The molecule has 0 bridgehead atoms. The Labute approximate surface area is 178 Å². The van der Waals surface area contributed by atoms with Crippen molar-refractivity contribution in [3.8, 4) is 0 Å². The molecule has 6 heteroatoms. The number of ether oxygens (including phenoxy) is 1. The second-order valence-corrected chi connectivity index (χ2v) is 8.95. The second-order valence-electron chi connectivity index (χ2n) is 8.51. The summed E-state index contributed by atoms with van der Waals surface area (Å²) >= 11 is 6.09. The van der Waals surface area contributed by atoms with E-state index in [1.54, 1.807) is 51.1 Å². The highest BCUT2D eigenvalue weighted by Gasteiger charge is 2.58. The van der Waals surface area contributed by atoms with Crippen LogP contribution in [0.5, 0.6) is 0 Å². The Bertz CT molecular complexity index is 1170. The number of fused-ring (bicyclic) bond motifs is 2. The van der Waals surface area contributed by atoms with Crippen molar-refractivity contribution < 1.29 is 23.9 Å². The molecule has 0 saturated carbocycles. The SMILES string of the molecule is CC(C)(C)OC(=O)C1(C2=CC(=O)c3ccccc3C2=O)Cc2cc(Cl)ccc2C1=O. The molecule has 0 heterocycles. The molecule has 0 saturated heterocycles. The predicted molar refractivity (Wildman–Crippen MR) is 111 cm³/mol. The van der Waals surface area contributed by atoms with Gasteiger partial charge in [0.15, 0.2) is 22.8 Å². The Morgan fingerprint density at radius 3 is 2.33 bits per heavy atom. The average Bonchev–Trinajstić information content (AvgIpc) is 2.96. The zero-order valence-electron chi connectivity index (χ0n) is 16.7. The Balaban J connectivity index is 1.93. The van der Waals surface area contributed by atoms with Crippen molar-refractivity contribution in [3.05, 3.63) is 81.4 Å². The molecular formula is C24H19ClO5. The molecule has 5 nitrogen and oxygen atoms in total. The summed E-state index contributed by atoms with van der Waals surface area (Å²) in [5.74, 6) is -2.36. The van der Waals surface area contributed by atoms with Gasteiger partial charge in [0.2, 0.25) is 0 Å². The Morgan fingerprint density at radius 1 is 1.00 bits per heavy atom. The lowest BCUT2D eigenvalue weighted by molar-refractivity contribution is -0.162. The molecule has 1 unspecified atom stereocenters. The number of carbonyl (C=O) groups is 4. The van der Waals surface area contributed by atoms with Crippen molar-refractivity contribution in [3.63, 3.8) is 0 Å². The van der Waals surface area contributed by atoms with Crippen LogP contribution in [0.25, 0.3) is 0 Å². The van der Waals surface area contributed by atoms with Crippen LogP contribution in [0.4, 0.5) is 0 Å². The minimum absolute atomic E-state index is 0.0936. The smallest absolute Gasteiger partial charge is 0.325 e. The standard InChI is InChI=1S/C24H19ClO5/c1-23(2,3)30-22(29)24(12-13-10-14(25)8-9-15(13)21(24)28)18-11-19(26)16-6-4-5-7-17(16)20(18)27/h4-11H,12H2,1-3H3. The predicted octanol–water partition coefficient (Wildman–Crippen LogP) is 4.41. The van der Waals surface area contributed by atoms with Gasteiger partial charge in [0.1, 0.15) is 5.60 Å². The molecule has 0 amide bonds. The van der Waals surface area contributed by atoms with Crippen molar-refractivity contribution in [2.75, 3.05) is 0 Å². The van der Waals surface area contributed by atoms with Gasteiger partial charge in [0.05, 0.1) is 0 Å². The van der Waals surface area contributed by atoms with Crippen LogP contribution < -0.4 is 0 Å². The molecule has 0 fully saturated rings. The van der Waals surface area contributed by atoms with Crippen LogP contribution in [0.3, 0.4) is 0 Å². The van der Waals surface area contributed by atoms with Gasteiger partial charge in [-0.05, 0) is 50.6 Å². The van der Waals surface area contributed by atoms with Crippen LogP contribution in [-0.4, -0.2) is 28.9 Å². The first-order valence-electron chi connectivity index (χ1n) is 9.51. The van der Waals surface area contributed by atoms with Crippen LogP contribution in [0.2, 0.25) is 5.02 Å². The van der Waals surface area contributed by atoms with E-state index >= 15 is 0 Å². The first-order chi connectivity index (χ1) is 14.0. The van der Waals surface area contributed by atoms with Crippen LogP contribution in [0.15, 0.2) is 54.1 Å². The van der Waals surface area contributed by atoms with Crippen LogP contribution in [0.1, 0.15) is 57.4 Å². The second kappa shape index (κ2) is 6.74. The largest absolute Gasteiger partial charge is 0.459 e. The van der Waals surface area contributed by atoms with E-state index in [-0.39, 0.29) is 23.1 Å². The van der Waals surface area contributed by atoms with Crippen LogP contribution in [0, 0.1) is 5.41 Å². The molecule has 4 rings (SSSR count). The first kappa shape index (κ1) is 20.2. The fourth-order valence-electron chi connectivity index (χ4n) is 4.02. The molecule has 1 atom stereocenters. The van der Waals surface area contributed by atoms with Gasteiger partial charge >= 0.3 is 5.97 Å². The molecule has 2 aromatic carbocycles. The quantitative estimate of drug-likeness (QED) is 0.529. The number of allylic oxidation sites excluding steroid dienone is 1. The van der Waals surface area contributed by atoms with E-state index in [1.165, 1.54) is 12.1 Å². The Kier molecular flexibility index (Phi) is 4.55. The summed E-state index contributed by atoms with van der Waals surface area (Å²) < 4.78 is 5.58. The fraction of sp³-hybridized carbons (Fsp3) is 0.250. The molecule has 0 radical (unpaired) electrons. The molecule has 0 spiro atoms. The van der Waals surface area contributed by atoms with Crippen molar-refractivity contribution >= 4 is 34.9 Å².